The number of benzene rings is 2. The number of carbonyl (C=O) groups is 2. The summed E-state index contributed by atoms with van der Waals surface area (Å²) in [6.07, 6.45) is 1.56. The van der Waals surface area contributed by atoms with Crippen molar-refractivity contribution in [2.45, 2.75) is 5.25 Å². The molecule has 0 spiro atoms. The molecule has 1 aliphatic rings. The Kier molecular flexibility index (Phi) is 4.60. The van der Waals surface area contributed by atoms with Gasteiger partial charge in [0, 0.05) is 5.56 Å². The van der Waals surface area contributed by atoms with Gasteiger partial charge >= 0.3 is 5.97 Å². The number of anilines is 1. The van der Waals surface area contributed by atoms with Crippen LogP contribution in [0.4, 0.5) is 14.6 Å². The summed E-state index contributed by atoms with van der Waals surface area (Å²) >= 11 is 1.29. The van der Waals surface area contributed by atoms with Crippen LogP contribution in [0.25, 0.3) is 5.69 Å². The summed E-state index contributed by atoms with van der Waals surface area (Å²) in [5.74, 6) is -2.65. The number of carboxylic acids is 1. The van der Waals surface area contributed by atoms with Gasteiger partial charge in [-0.1, -0.05) is 6.07 Å². The van der Waals surface area contributed by atoms with E-state index in [9.17, 15) is 18.4 Å². The van der Waals surface area contributed by atoms with E-state index in [1.807, 2.05) is 0 Å². The number of carbonyl (C=O) groups excluding carboxylic acids is 1. The van der Waals surface area contributed by atoms with E-state index in [0.29, 0.717) is 22.6 Å². The highest BCUT2D eigenvalue weighted by atomic mass is 32.2. The standard InChI is InChI=1S/C19H13F2N3O3S/c20-14-6-3-11(7-15(14)21)17-13-8-22-24(18(13)23-16(25)9-28-17)12-4-1-10(2-5-12)19(26)27/h1-8,17H,9H2,(H,23,25)(H,26,27)/t17-/m1/s1. The molecule has 2 heterocycles. The Hall–Kier alpha value is -3.20. The molecular formula is C19H13F2N3O3S. The molecule has 2 aromatic carbocycles. The summed E-state index contributed by atoms with van der Waals surface area (Å²) in [7, 11) is 0. The number of amides is 1. The average molecular weight is 401 g/mol. The monoisotopic (exact) mass is 401 g/mol. The summed E-state index contributed by atoms with van der Waals surface area (Å²) in [4.78, 5) is 23.2. The van der Waals surface area contributed by atoms with Gasteiger partial charge in [0.15, 0.2) is 11.6 Å². The molecule has 0 saturated heterocycles. The van der Waals surface area contributed by atoms with Gasteiger partial charge in [0.1, 0.15) is 5.82 Å². The molecule has 1 aliphatic heterocycles. The number of aromatic carboxylic acids is 1. The van der Waals surface area contributed by atoms with Crippen molar-refractivity contribution in [2.75, 3.05) is 11.1 Å². The zero-order valence-corrected chi connectivity index (χ0v) is 15.0. The number of nitrogens with one attached hydrogen (secondary N) is 1. The van der Waals surface area contributed by atoms with Crippen molar-refractivity contribution in [2.24, 2.45) is 0 Å². The molecule has 2 N–H and O–H groups in total. The topological polar surface area (TPSA) is 84.2 Å². The zero-order chi connectivity index (χ0) is 19.8. The van der Waals surface area contributed by atoms with E-state index in [4.69, 9.17) is 5.11 Å². The first-order valence-corrected chi connectivity index (χ1v) is 9.27. The summed E-state index contributed by atoms with van der Waals surface area (Å²) in [5.41, 5.74) is 1.84. The van der Waals surface area contributed by atoms with Crippen LogP contribution in [0.15, 0.2) is 48.7 Å². The maximum absolute atomic E-state index is 13.7. The van der Waals surface area contributed by atoms with Crippen LogP contribution in [0.3, 0.4) is 0 Å². The first-order valence-electron chi connectivity index (χ1n) is 8.22. The van der Waals surface area contributed by atoms with E-state index < -0.39 is 22.9 Å². The number of thioether (sulfide) groups is 1. The third kappa shape index (κ3) is 3.24. The van der Waals surface area contributed by atoms with Gasteiger partial charge in [0.25, 0.3) is 0 Å². The lowest BCUT2D eigenvalue weighted by atomic mass is 10.1. The number of nitrogens with zero attached hydrogens (tertiary/aromatic N) is 2. The van der Waals surface area contributed by atoms with Crippen molar-refractivity contribution in [1.82, 2.24) is 9.78 Å². The molecule has 6 nitrogen and oxygen atoms in total. The minimum atomic E-state index is -1.05. The van der Waals surface area contributed by atoms with Crippen LogP contribution in [-0.2, 0) is 4.79 Å². The molecular weight excluding hydrogens is 388 g/mol. The lowest BCUT2D eigenvalue weighted by Gasteiger charge is -2.14. The molecule has 1 aromatic heterocycles. The van der Waals surface area contributed by atoms with E-state index in [1.165, 1.54) is 34.6 Å². The van der Waals surface area contributed by atoms with Crippen LogP contribution in [0.1, 0.15) is 26.7 Å². The Morgan fingerprint density at radius 3 is 2.61 bits per heavy atom. The lowest BCUT2D eigenvalue weighted by Crippen LogP contribution is -2.15. The molecule has 1 atom stereocenters. The molecule has 1 amide bonds. The molecule has 0 bridgehead atoms. The molecule has 0 saturated carbocycles. The Bertz CT molecular complexity index is 1080. The van der Waals surface area contributed by atoms with Gasteiger partial charge in [-0.3, -0.25) is 4.79 Å². The molecule has 3 aromatic rings. The van der Waals surface area contributed by atoms with E-state index >= 15 is 0 Å². The predicted molar refractivity (Wildman–Crippen MR) is 99.8 cm³/mol. The Morgan fingerprint density at radius 1 is 1.18 bits per heavy atom. The third-order valence-electron chi connectivity index (χ3n) is 4.32. The molecule has 0 unspecified atom stereocenters. The highest BCUT2D eigenvalue weighted by Crippen LogP contribution is 2.42. The van der Waals surface area contributed by atoms with Crippen LogP contribution in [0.2, 0.25) is 0 Å². The molecule has 9 heteroatoms. The molecule has 4 rings (SSSR count). The average Bonchev–Trinajstić information content (AvgIpc) is 3.00. The zero-order valence-electron chi connectivity index (χ0n) is 14.2. The van der Waals surface area contributed by atoms with Crippen molar-refractivity contribution >= 4 is 29.5 Å². The predicted octanol–water partition coefficient (Wildman–Crippen LogP) is 3.62. The van der Waals surface area contributed by atoms with Crippen molar-refractivity contribution in [1.29, 1.82) is 0 Å². The summed E-state index contributed by atoms with van der Waals surface area (Å²) in [6, 6.07) is 9.68. The fourth-order valence-corrected chi connectivity index (χ4v) is 4.07. The van der Waals surface area contributed by atoms with Crippen molar-refractivity contribution in [3.63, 3.8) is 0 Å². The van der Waals surface area contributed by atoms with Gasteiger partial charge in [-0.2, -0.15) is 5.10 Å². The summed E-state index contributed by atoms with van der Waals surface area (Å²) in [6.45, 7) is 0. The Labute approximate surface area is 162 Å². The van der Waals surface area contributed by atoms with Crippen LogP contribution < -0.4 is 5.32 Å². The van der Waals surface area contributed by atoms with Gasteiger partial charge < -0.3 is 10.4 Å². The quantitative estimate of drug-likeness (QED) is 0.700. The number of carboxylic acid groups (broad SMARTS) is 1. The maximum atomic E-state index is 13.7. The fraction of sp³-hybridized carbons (Fsp3) is 0.105. The maximum Gasteiger partial charge on any atom is 0.335 e. The summed E-state index contributed by atoms with van der Waals surface area (Å²) < 4.78 is 28.5. The minimum Gasteiger partial charge on any atom is -0.478 e. The number of halogens is 2. The van der Waals surface area contributed by atoms with E-state index in [1.54, 1.807) is 18.3 Å². The normalized spacial score (nSPS) is 16.2. The number of fused-ring (bicyclic) bond motifs is 1. The smallest absolute Gasteiger partial charge is 0.335 e. The van der Waals surface area contributed by atoms with Crippen LogP contribution in [0.5, 0.6) is 0 Å². The SMILES string of the molecule is O=C1CS[C@H](c2ccc(F)c(F)c2)c2cnn(-c3ccc(C(=O)O)cc3)c2N1. The molecule has 0 fully saturated rings. The van der Waals surface area contributed by atoms with Gasteiger partial charge in [0.2, 0.25) is 5.91 Å². The summed E-state index contributed by atoms with van der Waals surface area (Å²) in [5, 5.41) is 15.7. The van der Waals surface area contributed by atoms with E-state index in [0.717, 1.165) is 12.1 Å². The number of rotatable bonds is 3. The molecule has 28 heavy (non-hydrogen) atoms. The highest BCUT2D eigenvalue weighted by molar-refractivity contribution is 8.00. The van der Waals surface area contributed by atoms with Crippen LogP contribution in [-0.4, -0.2) is 32.5 Å². The van der Waals surface area contributed by atoms with Gasteiger partial charge in [-0.15, -0.1) is 11.8 Å². The Balaban J connectivity index is 1.79. The largest absolute Gasteiger partial charge is 0.478 e. The van der Waals surface area contributed by atoms with Crippen molar-refractivity contribution in [3.05, 3.63) is 77.0 Å². The number of hydrogen-bond acceptors (Lipinski definition) is 4. The van der Waals surface area contributed by atoms with Crippen LogP contribution >= 0.6 is 11.8 Å². The second kappa shape index (κ2) is 7.08. The van der Waals surface area contributed by atoms with Crippen molar-refractivity contribution in [3.8, 4) is 5.69 Å². The molecule has 0 aliphatic carbocycles. The highest BCUT2D eigenvalue weighted by Gasteiger charge is 2.28. The lowest BCUT2D eigenvalue weighted by molar-refractivity contribution is -0.113. The van der Waals surface area contributed by atoms with Crippen LogP contribution in [0, 0.1) is 11.6 Å². The Morgan fingerprint density at radius 2 is 1.93 bits per heavy atom. The van der Waals surface area contributed by atoms with E-state index in [-0.39, 0.29) is 17.2 Å². The van der Waals surface area contributed by atoms with Gasteiger partial charge in [0.05, 0.1) is 28.5 Å². The minimum absolute atomic E-state index is 0.126. The second-order valence-electron chi connectivity index (χ2n) is 6.13. The second-order valence-corrected chi connectivity index (χ2v) is 7.22. The van der Waals surface area contributed by atoms with Gasteiger partial charge in [-0.25, -0.2) is 18.3 Å². The third-order valence-corrected chi connectivity index (χ3v) is 5.61. The number of aromatic nitrogens is 2. The number of hydrogen-bond donors (Lipinski definition) is 2. The van der Waals surface area contributed by atoms with E-state index in [2.05, 4.69) is 10.4 Å². The van der Waals surface area contributed by atoms with Crippen molar-refractivity contribution < 1.29 is 23.5 Å². The first-order chi connectivity index (χ1) is 13.4. The fourth-order valence-electron chi connectivity index (χ4n) is 2.99. The van der Waals surface area contributed by atoms with Gasteiger partial charge in [-0.05, 0) is 42.0 Å². The first kappa shape index (κ1) is 18.2. The molecule has 0 radical (unpaired) electrons. The molecule has 142 valence electrons.